The number of amides is 1. The van der Waals surface area contributed by atoms with Crippen LogP contribution >= 0.6 is 0 Å². The van der Waals surface area contributed by atoms with Crippen LogP contribution in [0.3, 0.4) is 0 Å². The number of aromatic hydroxyl groups is 1. The Morgan fingerprint density at radius 3 is 2.50 bits per heavy atom. The minimum absolute atomic E-state index is 0.0307. The summed E-state index contributed by atoms with van der Waals surface area (Å²) >= 11 is 0. The lowest BCUT2D eigenvalue weighted by Crippen LogP contribution is -2.35. The van der Waals surface area contributed by atoms with Crippen molar-refractivity contribution in [2.75, 3.05) is 13.1 Å². The third-order valence-corrected chi connectivity index (χ3v) is 5.18. The lowest BCUT2D eigenvalue weighted by molar-refractivity contribution is 0.0723. The number of hydrogen-bond donors (Lipinski definition) is 1. The quantitative estimate of drug-likeness (QED) is 0.724. The Kier molecular flexibility index (Phi) is 4.41. The predicted molar refractivity (Wildman–Crippen MR) is 102 cm³/mol. The second-order valence-electron chi connectivity index (χ2n) is 6.82. The summed E-state index contributed by atoms with van der Waals surface area (Å²) in [7, 11) is 0. The maximum atomic E-state index is 13.2. The predicted octanol–water partition coefficient (Wildman–Crippen LogP) is 4.99. The Labute approximate surface area is 153 Å². The van der Waals surface area contributed by atoms with Crippen LogP contribution in [0.25, 0.3) is 22.3 Å². The number of phenols is 1. The van der Waals surface area contributed by atoms with E-state index in [1.807, 2.05) is 35.2 Å². The molecule has 1 aromatic heterocycles. The molecule has 1 saturated heterocycles. The molecule has 0 radical (unpaired) electrons. The average Bonchev–Trinajstić information content (AvgIpc) is 3.07. The molecule has 1 amide bonds. The lowest BCUT2D eigenvalue weighted by Gasteiger charge is -2.27. The van der Waals surface area contributed by atoms with Crippen molar-refractivity contribution in [3.63, 3.8) is 0 Å². The Balaban J connectivity index is 1.91. The summed E-state index contributed by atoms with van der Waals surface area (Å²) in [4.78, 5) is 15.0. The summed E-state index contributed by atoms with van der Waals surface area (Å²) in [5.41, 5.74) is 2.99. The van der Waals surface area contributed by atoms with E-state index in [0.29, 0.717) is 11.1 Å². The van der Waals surface area contributed by atoms with Crippen molar-refractivity contribution in [3.8, 4) is 17.1 Å². The number of rotatable bonds is 3. The minimum Gasteiger partial charge on any atom is -0.507 e. The number of carbonyl (C=O) groups excluding carboxylic acids is 1. The number of likely N-dealkylation sites (tertiary alicyclic amines) is 1. The third kappa shape index (κ3) is 2.75. The van der Waals surface area contributed by atoms with Gasteiger partial charge >= 0.3 is 0 Å². The van der Waals surface area contributed by atoms with Crippen molar-refractivity contribution < 1.29 is 14.3 Å². The summed E-state index contributed by atoms with van der Waals surface area (Å²) < 4.78 is 6.13. The van der Waals surface area contributed by atoms with Gasteiger partial charge in [0.05, 0.1) is 5.56 Å². The van der Waals surface area contributed by atoms with Crippen molar-refractivity contribution in [2.45, 2.75) is 32.6 Å². The SMILES string of the molecule is CCc1c(-c2ccccc2)oc2ccc(O)c(C(=O)N3CCCCC3)c12. The van der Waals surface area contributed by atoms with Gasteiger partial charge in [-0.05, 0) is 37.8 Å². The zero-order valence-electron chi connectivity index (χ0n) is 15.0. The van der Waals surface area contributed by atoms with Crippen molar-refractivity contribution in [1.29, 1.82) is 0 Å². The molecule has 3 aromatic rings. The van der Waals surface area contributed by atoms with Gasteiger partial charge < -0.3 is 14.4 Å². The first-order chi connectivity index (χ1) is 12.7. The van der Waals surface area contributed by atoms with Crippen molar-refractivity contribution in [3.05, 3.63) is 53.6 Å². The standard InChI is InChI=1S/C22H23NO3/c1-2-16-19-18(26-21(16)15-9-5-3-6-10-15)12-11-17(24)20(19)22(25)23-13-7-4-8-14-23/h3,5-6,9-12,24H,2,4,7-8,13-14H2,1H3. The molecule has 4 nitrogen and oxygen atoms in total. The molecular formula is C22H23NO3. The third-order valence-electron chi connectivity index (χ3n) is 5.18. The molecule has 1 fully saturated rings. The molecule has 134 valence electrons. The van der Waals surface area contributed by atoms with Crippen LogP contribution in [0.2, 0.25) is 0 Å². The second kappa shape index (κ2) is 6.87. The molecule has 4 heteroatoms. The first-order valence-corrected chi connectivity index (χ1v) is 9.32. The van der Waals surface area contributed by atoms with E-state index in [9.17, 15) is 9.90 Å². The Morgan fingerprint density at radius 2 is 1.81 bits per heavy atom. The number of aryl methyl sites for hydroxylation is 1. The normalized spacial score (nSPS) is 14.7. The molecular weight excluding hydrogens is 326 g/mol. The molecule has 1 aliphatic rings. The molecule has 4 rings (SSSR count). The Hall–Kier alpha value is -2.75. The van der Waals surface area contributed by atoms with Crippen molar-refractivity contribution in [2.24, 2.45) is 0 Å². The summed E-state index contributed by atoms with van der Waals surface area (Å²) in [5.74, 6) is 0.715. The Bertz CT molecular complexity index is 937. The molecule has 0 atom stereocenters. The van der Waals surface area contributed by atoms with Gasteiger partial charge in [-0.25, -0.2) is 0 Å². The van der Waals surface area contributed by atoms with Crippen LogP contribution in [-0.4, -0.2) is 29.0 Å². The lowest BCUT2D eigenvalue weighted by atomic mass is 9.98. The van der Waals surface area contributed by atoms with E-state index in [-0.39, 0.29) is 11.7 Å². The number of phenolic OH excluding ortho intramolecular Hbond substituents is 1. The highest BCUT2D eigenvalue weighted by atomic mass is 16.3. The smallest absolute Gasteiger partial charge is 0.258 e. The zero-order chi connectivity index (χ0) is 18.1. The van der Waals surface area contributed by atoms with E-state index in [2.05, 4.69) is 6.92 Å². The molecule has 1 N–H and O–H groups in total. The van der Waals surface area contributed by atoms with E-state index < -0.39 is 0 Å². The van der Waals surface area contributed by atoms with Gasteiger partial charge in [0.15, 0.2) is 0 Å². The van der Waals surface area contributed by atoms with Gasteiger partial charge in [0.2, 0.25) is 0 Å². The first kappa shape index (κ1) is 16.7. The monoisotopic (exact) mass is 349 g/mol. The number of hydrogen-bond acceptors (Lipinski definition) is 3. The molecule has 26 heavy (non-hydrogen) atoms. The number of benzene rings is 2. The van der Waals surface area contributed by atoms with E-state index in [0.717, 1.165) is 61.0 Å². The summed E-state index contributed by atoms with van der Waals surface area (Å²) in [5, 5.41) is 11.3. The molecule has 0 aliphatic carbocycles. The Morgan fingerprint density at radius 1 is 1.08 bits per heavy atom. The van der Waals surface area contributed by atoms with Crippen LogP contribution in [0.1, 0.15) is 42.1 Å². The topological polar surface area (TPSA) is 53.7 Å². The number of piperidine rings is 1. The molecule has 2 heterocycles. The van der Waals surface area contributed by atoms with Crippen molar-refractivity contribution in [1.82, 2.24) is 4.90 Å². The molecule has 0 saturated carbocycles. The van der Waals surface area contributed by atoms with E-state index in [4.69, 9.17) is 4.42 Å². The highest BCUT2D eigenvalue weighted by Crippen LogP contribution is 2.39. The maximum Gasteiger partial charge on any atom is 0.258 e. The highest BCUT2D eigenvalue weighted by molar-refractivity contribution is 6.10. The molecule has 0 bridgehead atoms. The zero-order valence-corrected chi connectivity index (χ0v) is 15.0. The van der Waals surface area contributed by atoms with Crippen LogP contribution in [0, 0.1) is 0 Å². The van der Waals surface area contributed by atoms with E-state index in [1.165, 1.54) is 0 Å². The van der Waals surface area contributed by atoms with Gasteiger partial charge in [-0.15, -0.1) is 0 Å². The summed E-state index contributed by atoms with van der Waals surface area (Å²) in [6, 6.07) is 13.2. The molecule has 0 unspecified atom stereocenters. The first-order valence-electron chi connectivity index (χ1n) is 9.32. The van der Waals surface area contributed by atoms with Gasteiger partial charge in [-0.1, -0.05) is 37.3 Å². The number of nitrogens with zero attached hydrogens (tertiary/aromatic N) is 1. The fourth-order valence-electron chi connectivity index (χ4n) is 3.87. The summed E-state index contributed by atoms with van der Waals surface area (Å²) in [6.07, 6.45) is 3.92. The van der Waals surface area contributed by atoms with Crippen LogP contribution in [-0.2, 0) is 6.42 Å². The number of furan rings is 1. The fourth-order valence-corrected chi connectivity index (χ4v) is 3.87. The van der Waals surface area contributed by atoms with E-state index >= 15 is 0 Å². The van der Waals surface area contributed by atoms with Gasteiger partial charge in [0, 0.05) is 29.6 Å². The minimum atomic E-state index is -0.0945. The van der Waals surface area contributed by atoms with Gasteiger partial charge in [0.25, 0.3) is 5.91 Å². The van der Waals surface area contributed by atoms with Gasteiger partial charge in [-0.3, -0.25) is 4.79 Å². The summed E-state index contributed by atoms with van der Waals surface area (Å²) in [6.45, 7) is 3.55. The average molecular weight is 349 g/mol. The molecule has 2 aromatic carbocycles. The fraction of sp³-hybridized carbons (Fsp3) is 0.318. The highest BCUT2D eigenvalue weighted by Gasteiger charge is 2.27. The van der Waals surface area contributed by atoms with E-state index in [1.54, 1.807) is 12.1 Å². The number of carbonyl (C=O) groups is 1. The van der Waals surface area contributed by atoms with Crippen molar-refractivity contribution >= 4 is 16.9 Å². The number of fused-ring (bicyclic) bond motifs is 1. The largest absolute Gasteiger partial charge is 0.507 e. The van der Waals surface area contributed by atoms with Crippen LogP contribution in [0.5, 0.6) is 5.75 Å². The molecule has 1 aliphatic heterocycles. The van der Waals surface area contributed by atoms with Gasteiger partial charge in [-0.2, -0.15) is 0 Å². The second-order valence-corrected chi connectivity index (χ2v) is 6.82. The van der Waals surface area contributed by atoms with Crippen LogP contribution in [0.15, 0.2) is 46.9 Å². The van der Waals surface area contributed by atoms with Gasteiger partial charge in [0.1, 0.15) is 17.1 Å². The van der Waals surface area contributed by atoms with Crippen LogP contribution < -0.4 is 0 Å². The maximum absolute atomic E-state index is 13.2. The molecule has 0 spiro atoms. The van der Waals surface area contributed by atoms with Crippen LogP contribution in [0.4, 0.5) is 0 Å².